The van der Waals surface area contributed by atoms with E-state index in [1.54, 1.807) is 4.90 Å². The second-order valence-corrected chi connectivity index (χ2v) is 8.60. The predicted octanol–water partition coefficient (Wildman–Crippen LogP) is 4.22. The highest BCUT2D eigenvalue weighted by atomic mass is 79.9. The first-order valence-electron chi connectivity index (χ1n) is 9.76. The summed E-state index contributed by atoms with van der Waals surface area (Å²) in [7, 11) is 0. The maximum atomic E-state index is 12.4. The molecule has 0 bridgehead atoms. The number of rotatable bonds is 5. The average Bonchev–Trinajstić information content (AvgIpc) is 3.08. The lowest BCUT2D eigenvalue weighted by Gasteiger charge is -2.18. The molecule has 6 nitrogen and oxygen atoms in total. The number of carbonyl (C=O) groups excluding carboxylic acids is 3. The second kappa shape index (κ2) is 9.00. The second-order valence-electron chi connectivity index (χ2n) is 7.75. The number of benzene rings is 2. The normalized spacial score (nSPS) is 16.0. The van der Waals surface area contributed by atoms with Crippen LogP contribution in [-0.4, -0.2) is 30.9 Å². The van der Waals surface area contributed by atoms with Gasteiger partial charge in [-0.1, -0.05) is 22.0 Å². The molecule has 1 aliphatic rings. The standard InChI is InChI=1S/C23H25BrN2O4/c1-13-5-6-18(7-14(13)2)26-11-17(10-22(26)28)23(29)30-12-21(27)25-20-9-15(3)19(24)8-16(20)4/h5-9,17H,10-12H2,1-4H3,(H,25,27)/t17-/m0/s1. The van der Waals surface area contributed by atoms with Crippen molar-refractivity contribution in [3.63, 3.8) is 0 Å². The zero-order valence-electron chi connectivity index (χ0n) is 17.5. The molecule has 2 amide bonds. The van der Waals surface area contributed by atoms with Crippen molar-refractivity contribution >= 4 is 45.1 Å². The van der Waals surface area contributed by atoms with E-state index in [1.807, 2.05) is 58.0 Å². The van der Waals surface area contributed by atoms with Crippen molar-refractivity contribution in [1.29, 1.82) is 0 Å². The third-order valence-corrected chi connectivity index (χ3v) is 6.24. The number of hydrogen-bond acceptors (Lipinski definition) is 4. The summed E-state index contributed by atoms with van der Waals surface area (Å²) in [5.41, 5.74) is 5.57. The largest absolute Gasteiger partial charge is 0.455 e. The van der Waals surface area contributed by atoms with E-state index in [0.29, 0.717) is 5.69 Å². The van der Waals surface area contributed by atoms with E-state index in [9.17, 15) is 14.4 Å². The monoisotopic (exact) mass is 472 g/mol. The molecule has 0 aromatic heterocycles. The summed E-state index contributed by atoms with van der Waals surface area (Å²) in [5, 5.41) is 2.76. The number of carbonyl (C=O) groups is 3. The summed E-state index contributed by atoms with van der Waals surface area (Å²) in [6.45, 7) is 7.68. The molecule has 0 aliphatic carbocycles. The smallest absolute Gasteiger partial charge is 0.311 e. The molecule has 2 aromatic carbocycles. The molecule has 1 aliphatic heterocycles. The van der Waals surface area contributed by atoms with Gasteiger partial charge in [-0.05, 0) is 74.2 Å². The SMILES string of the molecule is Cc1ccc(N2C[C@@H](C(=O)OCC(=O)Nc3cc(C)c(Br)cc3C)CC2=O)cc1C. The summed E-state index contributed by atoms with van der Waals surface area (Å²) in [5.74, 6) is -1.65. The highest BCUT2D eigenvalue weighted by Gasteiger charge is 2.36. The van der Waals surface area contributed by atoms with Crippen LogP contribution in [0.5, 0.6) is 0 Å². The van der Waals surface area contributed by atoms with Crippen molar-refractivity contribution in [2.75, 3.05) is 23.4 Å². The Kier molecular flexibility index (Phi) is 6.61. The van der Waals surface area contributed by atoms with Gasteiger partial charge in [0.1, 0.15) is 0 Å². The maximum Gasteiger partial charge on any atom is 0.311 e. The van der Waals surface area contributed by atoms with E-state index in [1.165, 1.54) is 0 Å². The van der Waals surface area contributed by atoms with E-state index in [2.05, 4.69) is 21.2 Å². The van der Waals surface area contributed by atoms with Crippen LogP contribution in [0.1, 0.15) is 28.7 Å². The summed E-state index contributed by atoms with van der Waals surface area (Å²) in [6.07, 6.45) is 0.0817. The van der Waals surface area contributed by atoms with E-state index < -0.39 is 17.8 Å². The van der Waals surface area contributed by atoms with Crippen molar-refractivity contribution in [2.45, 2.75) is 34.1 Å². The number of hydrogen-bond donors (Lipinski definition) is 1. The van der Waals surface area contributed by atoms with Crippen molar-refractivity contribution in [3.05, 3.63) is 57.1 Å². The van der Waals surface area contributed by atoms with Gasteiger partial charge in [0.25, 0.3) is 5.91 Å². The minimum Gasteiger partial charge on any atom is -0.455 e. The highest BCUT2D eigenvalue weighted by Crippen LogP contribution is 2.28. The van der Waals surface area contributed by atoms with Gasteiger partial charge >= 0.3 is 5.97 Å². The number of ether oxygens (including phenoxy) is 1. The van der Waals surface area contributed by atoms with Gasteiger partial charge in [-0.3, -0.25) is 14.4 Å². The first kappa shape index (κ1) is 22.0. The lowest BCUT2D eigenvalue weighted by Crippen LogP contribution is -2.28. The molecule has 1 heterocycles. The molecular formula is C23H25BrN2O4. The van der Waals surface area contributed by atoms with Gasteiger partial charge in [0.2, 0.25) is 5.91 Å². The van der Waals surface area contributed by atoms with Crippen LogP contribution in [0.25, 0.3) is 0 Å². The number of esters is 1. The average molecular weight is 473 g/mol. The number of halogens is 1. The van der Waals surface area contributed by atoms with Crippen molar-refractivity contribution in [1.82, 2.24) is 0 Å². The van der Waals surface area contributed by atoms with Crippen LogP contribution in [0.3, 0.4) is 0 Å². The van der Waals surface area contributed by atoms with Gasteiger partial charge in [-0.2, -0.15) is 0 Å². The fourth-order valence-electron chi connectivity index (χ4n) is 3.36. The quantitative estimate of drug-likeness (QED) is 0.660. The van der Waals surface area contributed by atoms with E-state index in [-0.39, 0.29) is 25.5 Å². The molecule has 158 valence electrons. The Bertz CT molecular complexity index is 1020. The third kappa shape index (κ3) is 4.90. The lowest BCUT2D eigenvalue weighted by atomic mass is 10.1. The molecule has 1 fully saturated rings. The zero-order chi connectivity index (χ0) is 22.0. The lowest BCUT2D eigenvalue weighted by molar-refractivity contribution is -0.151. The predicted molar refractivity (Wildman–Crippen MR) is 120 cm³/mol. The first-order valence-corrected chi connectivity index (χ1v) is 10.6. The molecule has 0 radical (unpaired) electrons. The zero-order valence-corrected chi connectivity index (χ0v) is 19.1. The molecule has 3 rings (SSSR count). The molecule has 2 aromatic rings. The molecule has 0 saturated carbocycles. The topological polar surface area (TPSA) is 75.7 Å². The molecule has 1 N–H and O–H groups in total. The molecule has 1 saturated heterocycles. The fourth-order valence-corrected chi connectivity index (χ4v) is 3.82. The summed E-state index contributed by atoms with van der Waals surface area (Å²) in [6, 6.07) is 9.55. The number of aryl methyl sites for hydroxylation is 4. The van der Waals surface area contributed by atoms with Gasteiger partial charge in [-0.15, -0.1) is 0 Å². The maximum absolute atomic E-state index is 12.4. The summed E-state index contributed by atoms with van der Waals surface area (Å²) < 4.78 is 6.15. The number of nitrogens with one attached hydrogen (secondary N) is 1. The van der Waals surface area contributed by atoms with Gasteiger partial charge in [0.15, 0.2) is 6.61 Å². The fraction of sp³-hybridized carbons (Fsp3) is 0.348. The van der Waals surface area contributed by atoms with Crippen LogP contribution in [0.2, 0.25) is 0 Å². The number of amides is 2. The molecular weight excluding hydrogens is 448 g/mol. The molecule has 0 unspecified atom stereocenters. The summed E-state index contributed by atoms with van der Waals surface area (Å²) >= 11 is 3.45. The molecule has 30 heavy (non-hydrogen) atoms. The number of anilines is 2. The van der Waals surface area contributed by atoms with Crippen LogP contribution >= 0.6 is 15.9 Å². The van der Waals surface area contributed by atoms with E-state index in [0.717, 1.165) is 32.4 Å². The van der Waals surface area contributed by atoms with Crippen LogP contribution in [0, 0.1) is 33.6 Å². The van der Waals surface area contributed by atoms with Gasteiger partial charge < -0.3 is 15.0 Å². The van der Waals surface area contributed by atoms with E-state index in [4.69, 9.17) is 4.74 Å². The first-order chi connectivity index (χ1) is 14.2. The molecule has 1 atom stereocenters. The Morgan fingerprint density at radius 2 is 1.80 bits per heavy atom. The number of nitrogens with zero attached hydrogens (tertiary/aromatic N) is 1. The van der Waals surface area contributed by atoms with Crippen LogP contribution in [0.4, 0.5) is 11.4 Å². The van der Waals surface area contributed by atoms with Gasteiger partial charge in [0, 0.05) is 28.8 Å². The van der Waals surface area contributed by atoms with Crippen LogP contribution < -0.4 is 10.2 Å². The Labute approximate surface area is 184 Å². The Morgan fingerprint density at radius 1 is 1.07 bits per heavy atom. The highest BCUT2D eigenvalue weighted by molar-refractivity contribution is 9.10. The minimum atomic E-state index is -0.580. The minimum absolute atomic E-state index is 0.0817. The van der Waals surface area contributed by atoms with Crippen molar-refractivity contribution in [3.8, 4) is 0 Å². The molecule has 0 spiro atoms. The Hall–Kier alpha value is -2.67. The van der Waals surface area contributed by atoms with Gasteiger partial charge in [-0.25, -0.2) is 0 Å². The Balaban J connectivity index is 1.56. The summed E-state index contributed by atoms with van der Waals surface area (Å²) in [4.78, 5) is 38.6. The van der Waals surface area contributed by atoms with Crippen molar-refractivity contribution < 1.29 is 19.1 Å². The van der Waals surface area contributed by atoms with Gasteiger partial charge in [0.05, 0.1) is 5.92 Å². The molecule has 7 heteroatoms. The Morgan fingerprint density at radius 3 is 2.50 bits per heavy atom. The third-order valence-electron chi connectivity index (χ3n) is 5.39. The van der Waals surface area contributed by atoms with Crippen LogP contribution in [0.15, 0.2) is 34.8 Å². The van der Waals surface area contributed by atoms with Crippen LogP contribution in [-0.2, 0) is 19.1 Å². The van der Waals surface area contributed by atoms with Crippen molar-refractivity contribution in [2.24, 2.45) is 5.92 Å². The van der Waals surface area contributed by atoms with E-state index >= 15 is 0 Å².